The molecule has 3 rings (SSSR count). The molecule has 0 saturated heterocycles. The van der Waals surface area contributed by atoms with E-state index in [0.29, 0.717) is 23.1 Å². The summed E-state index contributed by atoms with van der Waals surface area (Å²) >= 11 is 5.84. The fourth-order valence-electron chi connectivity index (χ4n) is 2.35. The minimum atomic E-state index is -0.307. The quantitative estimate of drug-likeness (QED) is 0.693. The Hall–Kier alpha value is -2.79. The first-order valence-corrected chi connectivity index (χ1v) is 8.63. The van der Waals surface area contributed by atoms with Gasteiger partial charge < -0.3 is 14.6 Å². The van der Waals surface area contributed by atoms with Crippen LogP contribution in [0.15, 0.2) is 59.1 Å². The minimum Gasteiger partial charge on any atom is -0.489 e. The van der Waals surface area contributed by atoms with Crippen molar-refractivity contribution < 1.29 is 14.1 Å². The van der Waals surface area contributed by atoms with E-state index in [2.05, 4.69) is 10.5 Å². The van der Waals surface area contributed by atoms with Gasteiger partial charge in [-0.1, -0.05) is 46.6 Å². The van der Waals surface area contributed by atoms with Crippen LogP contribution in [0.2, 0.25) is 5.02 Å². The summed E-state index contributed by atoms with van der Waals surface area (Å²) in [6.45, 7) is 4.22. The summed E-state index contributed by atoms with van der Waals surface area (Å²) in [6, 6.07) is 16.5. The Bertz CT molecular complexity index is 873. The number of hydrogen-bond donors (Lipinski definition) is 1. The molecular weight excluding hydrogens is 352 g/mol. The van der Waals surface area contributed by atoms with Gasteiger partial charge >= 0.3 is 0 Å². The normalized spacial score (nSPS) is 11.8. The Morgan fingerprint density at radius 3 is 2.58 bits per heavy atom. The highest BCUT2D eigenvalue weighted by atomic mass is 35.5. The third-order valence-corrected chi connectivity index (χ3v) is 4.03. The fraction of sp³-hybridized carbons (Fsp3) is 0.200. The Morgan fingerprint density at radius 2 is 1.88 bits per heavy atom. The average molecular weight is 371 g/mol. The van der Waals surface area contributed by atoms with E-state index in [1.165, 1.54) is 0 Å². The predicted octanol–water partition coefficient (Wildman–Crippen LogP) is 4.50. The van der Waals surface area contributed by atoms with E-state index in [0.717, 1.165) is 11.1 Å². The van der Waals surface area contributed by atoms with Gasteiger partial charge in [0.25, 0.3) is 5.91 Å². The monoisotopic (exact) mass is 370 g/mol. The lowest BCUT2D eigenvalue weighted by molar-refractivity contribution is 0.0923. The zero-order valence-electron chi connectivity index (χ0n) is 14.5. The predicted molar refractivity (Wildman–Crippen MR) is 101 cm³/mol. The van der Waals surface area contributed by atoms with E-state index >= 15 is 0 Å². The molecule has 0 spiro atoms. The van der Waals surface area contributed by atoms with Crippen molar-refractivity contribution in [3.8, 4) is 17.1 Å². The molecule has 6 heteroatoms. The second-order valence-corrected chi connectivity index (χ2v) is 6.47. The number of halogens is 1. The zero-order chi connectivity index (χ0) is 18.5. The van der Waals surface area contributed by atoms with Crippen molar-refractivity contribution in [1.29, 1.82) is 0 Å². The van der Waals surface area contributed by atoms with E-state index in [1.54, 1.807) is 30.3 Å². The van der Waals surface area contributed by atoms with Gasteiger partial charge in [0, 0.05) is 16.7 Å². The molecule has 0 aliphatic rings. The van der Waals surface area contributed by atoms with Crippen LogP contribution in [0.1, 0.15) is 23.0 Å². The number of ether oxygens (including phenoxy) is 1. The van der Waals surface area contributed by atoms with Gasteiger partial charge in [-0.25, -0.2) is 0 Å². The van der Waals surface area contributed by atoms with E-state index in [9.17, 15) is 4.79 Å². The lowest BCUT2D eigenvalue weighted by Crippen LogP contribution is -2.33. The average Bonchev–Trinajstić information content (AvgIpc) is 3.12. The lowest BCUT2D eigenvalue weighted by Gasteiger charge is -2.15. The van der Waals surface area contributed by atoms with Crippen LogP contribution >= 0.6 is 11.6 Å². The number of carbonyl (C=O) groups excluding carboxylic acids is 1. The van der Waals surface area contributed by atoms with Gasteiger partial charge in [0.05, 0.1) is 6.54 Å². The summed E-state index contributed by atoms with van der Waals surface area (Å²) in [4.78, 5) is 12.2. The summed E-state index contributed by atoms with van der Waals surface area (Å²) in [6.07, 6.45) is -0.205. The van der Waals surface area contributed by atoms with Crippen molar-refractivity contribution in [2.75, 3.05) is 6.54 Å². The van der Waals surface area contributed by atoms with Crippen molar-refractivity contribution in [2.24, 2.45) is 0 Å². The van der Waals surface area contributed by atoms with Gasteiger partial charge in [-0.05, 0) is 38.1 Å². The first-order chi connectivity index (χ1) is 12.5. The van der Waals surface area contributed by atoms with Crippen LogP contribution in [0, 0.1) is 6.92 Å². The maximum atomic E-state index is 12.2. The Balaban J connectivity index is 1.55. The van der Waals surface area contributed by atoms with Crippen LogP contribution < -0.4 is 10.1 Å². The van der Waals surface area contributed by atoms with E-state index in [4.69, 9.17) is 20.9 Å². The second kappa shape index (κ2) is 8.06. The summed E-state index contributed by atoms with van der Waals surface area (Å²) in [5, 5.41) is 7.28. The Kier molecular flexibility index (Phi) is 5.58. The highest BCUT2D eigenvalue weighted by Crippen LogP contribution is 2.21. The third kappa shape index (κ3) is 4.64. The van der Waals surface area contributed by atoms with Crippen molar-refractivity contribution in [3.05, 3.63) is 70.9 Å². The van der Waals surface area contributed by atoms with E-state index < -0.39 is 0 Å². The molecule has 5 nitrogen and oxygen atoms in total. The van der Waals surface area contributed by atoms with Gasteiger partial charge in [-0.3, -0.25) is 4.79 Å². The lowest BCUT2D eigenvalue weighted by atomic mass is 10.1. The van der Waals surface area contributed by atoms with Crippen LogP contribution in [0.25, 0.3) is 11.3 Å². The molecular formula is C20H19ClN2O3. The molecule has 3 aromatic rings. The fourth-order valence-corrected chi connectivity index (χ4v) is 2.48. The molecule has 1 aromatic heterocycles. The highest BCUT2D eigenvalue weighted by molar-refractivity contribution is 6.30. The van der Waals surface area contributed by atoms with Gasteiger partial charge in [0.15, 0.2) is 11.5 Å². The van der Waals surface area contributed by atoms with Crippen LogP contribution in [-0.2, 0) is 0 Å². The van der Waals surface area contributed by atoms with Crippen molar-refractivity contribution in [2.45, 2.75) is 20.0 Å². The molecule has 134 valence electrons. The van der Waals surface area contributed by atoms with Gasteiger partial charge in [0.1, 0.15) is 11.9 Å². The van der Waals surface area contributed by atoms with Crippen LogP contribution in [0.3, 0.4) is 0 Å². The minimum absolute atomic E-state index is 0.205. The number of benzene rings is 2. The number of aromatic nitrogens is 1. The highest BCUT2D eigenvalue weighted by Gasteiger charge is 2.15. The smallest absolute Gasteiger partial charge is 0.273 e. The molecule has 2 aromatic carbocycles. The molecule has 1 N–H and O–H groups in total. The molecule has 0 saturated carbocycles. The zero-order valence-corrected chi connectivity index (χ0v) is 15.3. The molecule has 26 heavy (non-hydrogen) atoms. The summed E-state index contributed by atoms with van der Waals surface area (Å²) < 4.78 is 11.0. The number of aryl methyl sites for hydroxylation is 1. The largest absolute Gasteiger partial charge is 0.489 e. The standard InChI is InChI=1S/C20H19ClN2O3/c1-13-3-5-15(6-4-13)19-11-18(23-26-19)20(24)22-12-14(2)25-17-9-7-16(21)8-10-17/h3-11,14H,12H2,1-2H3,(H,22,24)/t14-/m0/s1. The maximum Gasteiger partial charge on any atom is 0.273 e. The van der Waals surface area contributed by atoms with Crippen molar-refractivity contribution in [1.82, 2.24) is 10.5 Å². The maximum absolute atomic E-state index is 12.2. The SMILES string of the molecule is Cc1ccc(-c2cc(C(=O)NC[C@H](C)Oc3ccc(Cl)cc3)no2)cc1. The van der Waals surface area contributed by atoms with Crippen LogP contribution in [0.4, 0.5) is 0 Å². The van der Waals surface area contributed by atoms with Gasteiger partial charge in [0.2, 0.25) is 0 Å². The summed E-state index contributed by atoms with van der Waals surface area (Å²) in [7, 11) is 0. The molecule has 1 atom stereocenters. The molecule has 0 aliphatic carbocycles. The number of rotatable bonds is 6. The molecule has 0 fully saturated rings. The van der Waals surface area contributed by atoms with Gasteiger partial charge in [-0.2, -0.15) is 0 Å². The van der Waals surface area contributed by atoms with Crippen molar-refractivity contribution >= 4 is 17.5 Å². The Labute approximate surface area is 156 Å². The summed E-state index contributed by atoms with van der Waals surface area (Å²) in [5.74, 6) is 0.943. The number of nitrogens with one attached hydrogen (secondary N) is 1. The summed E-state index contributed by atoms with van der Waals surface area (Å²) in [5.41, 5.74) is 2.27. The van der Waals surface area contributed by atoms with E-state index in [1.807, 2.05) is 38.1 Å². The molecule has 0 radical (unpaired) electrons. The number of amides is 1. The Morgan fingerprint density at radius 1 is 1.19 bits per heavy atom. The first kappa shape index (κ1) is 18.0. The number of carbonyl (C=O) groups is 1. The van der Waals surface area contributed by atoms with Crippen LogP contribution in [0.5, 0.6) is 5.75 Å². The number of hydrogen-bond acceptors (Lipinski definition) is 4. The van der Waals surface area contributed by atoms with Crippen LogP contribution in [-0.4, -0.2) is 23.7 Å². The molecule has 0 aliphatic heterocycles. The topological polar surface area (TPSA) is 64.4 Å². The van der Waals surface area contributed by atoms with Crippen molar-refractivity contribution in [3.63, 3.8) is 0 Å². The second-order valence-electron chi connectivity index (χ2n) is 6.03. The number of nitrogens with zero attached hydrogens (tertiary/aromatic N) is 1. The molecule has 0 bridgehead atoms. The third-order valence-electron chi connectivity index (χ3n) is 3.78. The van der Waals surface area contributed by atoms with Gasteiger partial charge in [-0.15, -0.1) is 0 Å². The first-order valence-electron chi connectivity index (χ1n) is 8.25. The molecule has 1 amide bonds. The van der Waals surface area contributed by atoms with E-state index in [-0.39, 0.29) is 17.7 Å². The molecule has 1 heterocycles. The molecule has 0 unspecified atom stereocenters.